The Morgan fingerprint density at radius 3 is 2.70 bits per heavy atom. The lowest BCUT2D eigenvalue weighted by Gasteiger charge is -2.10. The van der Waals surface area contributed by atoms with Crippen molar-refractivity contribution < 1.29 is 9.53 Å². The summed E-state index contributed by atoms with van der Waals surface area (Å²) in [6, 6.07) is 7.45. The molecule has 0 fully saturated rings. The number of amides is 1. The molecule has 0 saturated heterocycles. The summed E-state index contributed by atoms with van der Waals surface area (Å²) in [5, 5.41) is 6.77. The van der Waals surface area contributed by atoms with Gasteiger partial charge in [0.15, 0.2) is 0 Å². The van der Waals surface area contributed by atoms with E-state index in [1.54, 1.807) is 14.0 Å². The van der Waals surface area contributed by atoms with Crippen LogP contribution >= 0.6 is 12.4 Å². The van der Waals surface area contributed by atoms with Gasteiger partial charge < -0.3 is 20.4 Å². The molecule has 126 valence electrons. The highest BCUT2D eigenvalue weighted by Gasteiger charge is 2.15. The average Bonchev–Trinajstić information content (AvgIpc) is 2.51. The molecule has 7 heteroatoms. The zero-order valence-electron chi connectivity index (χ0n) is 13.3. The molecule has 0 bridgehead atoms. The van der Waals surface area contributed by atoms with E-state index in [0.29, 0.717) is 25.3 Å². The second-order valence-corrected chi connectivity index (χ2v) is 5.00. The van der Waals surface area contributed by atoms with Gasteiger partial charge in [0.2, 0.25) is 0 Å². The van der Waals surface area contributed by atoms with Crippen molar-refractivity contribution in [1.82, 2.24) is 15.6 Å². The number of methoxy groups -OCH3 is 1. The van der Waals surface area contributed by atoms with Crippen molar-refractivity contribution in [3.63, 3.8) is 0 Å². The third-order valence-electron chi connectivity index (χ3n) is 3.48. The Labute approximate surface area is 141 Å². The van der Waals surface area contributed by atoms with Crippen molar-refractivity contribution in [2.45, 2.75) is 6.92 Å². The number of hydrogen-bond acceptors (Lipinski definition) is 4. The summed E-state index contributed by atoms with van der Waals surface area (Å²) in [7, 11) is 1.64. The van der Waals surface area contributed by atoms with Crippen molar-refractivity contribution in [2.24, 2.45) is 0 Å². The number of aromatic nitrogens is 1. The van der Waals surface area contributed by atoms with Gasteiger partial charge in [-0.25, -0.2) is 0 Å². The fourth-order valence-electron chi connectivity index (χ4n) is 2.33. The molecule has 2 aromatic rings. The van der Waals surface area contributed by atoms with E-state index in [1.165, 1.54) is 0 Å². The monoisotopic (exact) mass is 339 g/mol. The first-order valence-corrected chi connectivity index (χ1v) is 7.24. The molecule has 0 spiro atoms. The topological polar surface area (TPSA) is 83.2 Å². The molecule has 1 heterocycles. The zero-order valence-corrected chi connectivity index (χ0v) is 14.1. The highest BCUT2D eigenvalue weighted by molar-refractivity contribution is 5.99. The summed E-state index contributed by atoms with van der Waals surface area (Å²) >= 11 is 0. The minimum absolute atomic E-state index is 0. The highest BCUT2D eigenvalue weighted by Crippen LogP contribution is 2.16. The first-order valence-electron chi connectivity index (χ1n) is 7.24. The van der Waals surface area contributed by atoms with Gasteiger partial charge in [-0.05, 0) is 18.6 Å². The Morgan fingerprint density at radius 2 is 1.96 bits per heavy atom. The van der Waals surface area contributed by atoms with Gasteiger partial charge in [-0.15, -0.1) is 12.4 Å². The molecule has 0 unspecified atom stereocenters. The van der Waals surface area contributed by atoms with Crippen LogP contribution in [0.4, 0.5) is 0 Å². The molecule has 23 heavy (non-hydrogen) atoms. The van der Waals surface area contributed by atoms with E-state index >= 15 is 0 Å². The summed E-state index contributed by atoms with van der Waals surface area (Å²) in [5.74, 6) is -0.349. The Hall–Kier alpha value is -1.89. The quantitative estimate of drug-likeness (QED) is 0.662. The number of aryl methyl sites for hydroxylation is 1. The van der Waals surface area contributed by atoms with Crippen LogP contribution in [0.3, 0.4) is 0 Å². The standard InChI is InChI=1S/C16H21N3O3.ClH/c1-11-12-5-3-4-6-13(12)19-16(21)14(11)15(20)18-8-7-17-9-10-22-2;/h3-6,17H,7-10H2,1-2H3,(H,18,20)(H,19,21);1H. The second-order valence-electron chi connectivity index (χ2n) is 5.00. The predicted molar refractivity (Wildman–Crippen MR) is 93.6 cm³/mol. The zero-order chi connectivity index (χ0) is 15.9. The number of fused-ring (bicyclic) bond motifs is 1. The highest BCUT2D eigenvalue weighted by atomic mass is 35.5. The van der Waals surface area contributed by atoms with Gasteiger partial charge in [0, 0.05) is 37.6 Å². The number of nitrogens with one attached hydrogen (secondary N) is 3. The van der Waals surface area contributed by atoms with Gasteiger partial charge in [-0.2, -0.15) is 0 Å². The molecule has 0 saturated carbocycles. The maximum atomic E-state index is 12.2. The molecule has 0 aliphatic rings. The minimum Gasteiger partial charge on any atom is -0.383 e. The Kier molecular flexibility index (Phi) is 7.74. The first kappa shape index (κ1) is 19.2. The smallest absolute Gasteiger partial charge is 0.261 e. The number of rotatable bonds is 7. The van der Waals surface area contributed by atoms with Crippen molar-refractivity contribution in [3.8, 4) is 0 Å². The van der Waals surface area contributed by atoms with E-state index in [2.05, 4.69) is 15.6 Å². The number of H-pyrrole nitrogens is 1. The fourth-order valence-corrected chi connectivity index (χ4v) is 2.33. The van der Waals surface area contributed by atoms with Crippen LogP contribution in [0.5, 0.6) is 0 Å². The van der Waals surface area contributed by atoms with Crippen molar-refractivity contribution in [2.75, 3.05) is 33.4 Å². The van der Waals surface area contributed by atoms with Gasteiger partial charge >= 0.3 is 0 Å². The van der Waals surface area contributed by atoms with Crippen LogP contribution < -0.4 is 16.2 Å². The molecule has 0 aliphatic heterocycles. The van der Waals surface area contributed by atoms with E-state index in [0.717, 1.165) is 17.4 Å². The van der Waals surface area contributed by atoms with E-state index < -0.39 is 0 Å². The number of para-hydroxylation sites is 1. The van der Waals surface area contributed by atoms with Gasteiger partial charge in [-0.3, -0.25) is 9.59 Å². The number of carbonyl (C=O) groups is 1. The summed E-state index contributed by atoms with van der Waals surface area (Å²) in [6.45, 7) is 4.22. The largest absolute Gasteiger partial charge is 0.383 e. The maximum Gasteiger partial charge on any atom is 0.261 e. The van der Waals surface area contributed by atoms with E-state index in [1.807, 2.05) is 24.3 Å². The van der Waals surface area contributed by atoms with Crippen molar-refractivity contribution in [3.05, 3.63) is 45.7 Å². The Bertz CT molecular complexity index is 715. The molecule has 0 radical (unpaired) electrons. The number of ether oxygens (including phenoxy) is 1. The number of carbonyl (C=O) groups excluding carboxylic acids is 1. The normalized spacial score (nSPS) is 10.3. The summed E-state index contributed by atoms with van der Waals surface area (Å²) in [5.41, 5.74) is 1.25. The number of benzene rings is 1. The van der Waals surface area contributed by atoms with Crippen LogP contribution in [-0.2, 0) is 4.74 Å². The molecule has 1 aromatic carbocycles. The van der Waals surface area contributed by atoms with Gasteiger partial charge in [0.1, 0.15) is 5.56 Å². The summed E-state index contributed by atoms with van der Waals surface area (Å²) in [6.07, 6.45) is 0. The maximum absolute atomic E-state index is 12.2. The fraction of sp³-hybridized carbons (Fsp3) is 0.375. The molecule has 1 amide bonds. The van der Waals surface area contributed by atoms with E-state index in [4.69, 9.17) is 4.74 Å². The van der Waals surface area contributed by atoms with Gasteiger partial charge in [-0.1, -0.05) is 18.2 Å². The molecule has 2 rings (SSSR count). The Morgan fingerprint density at radius 1 is 1.22 bits per heavy atom. The van der Waals surface area contributed by atoms with Crippen LogP contribution in [0, 0.1) is 6.92 Å². The third-order valence-corrected chi connectivity index (χ3v) is 3.48. The average molecular weight is 340 g/mol. The minimum atomic E-state index is -0.360. The first-order chi connectivity index (χ1) is 10.6. The van der Waals surface area contributed by atoms with Gasteiger partial charge in [0.05, 0.1) is 6.61 Å². The lowest BCUT2D eigenvalue weighted by atomic mass is 10.0. The van der Waals surface area contributed by atoms with Crippen molar-refractivity contribution >= 4 is 29.2 Å². The van der Waals surface area contributed by atoms with Crippen LogP contribution in [0.25, 0.3) is 10.9 Å². The van der Waals surface area contributed by atoms with Crippen LogP contribution in [-0.4, -0.2) is 44.2 Å². The Balaban J connectivity index is 0.00000264. The number of pyridine rings is 1. The lowest BCUT2D eigenvalue weighted by molar-refractivity contribution is 0.0951. The summed E-state index contributed by atoms with van der Waals surface area (Å²) < 4.78 is 4.92. The molecule has 6 nitrogen and oxygen atoms in total. The third kappa shape index (κ3) is 4.79. The molecule has 0 aliphatic carbocycles. The summed E-state index contributed by atoms with van der Waals surface area (Å²) in [4.78, 5) is 27.1. The molecule has 1 aromatic heterocycles. The number of halogens is 1. The number of hydrogen-bond donors (Lipinski definition) is 3. The van der Waals surface area contributed by atoms with Gasteiger partial charge in [0.25, 0.3) is 11.5 Å². The van der Waals surface area contributed by atoms with Crippen molar-refractivity contribution in [1.29, 1.82) is 0 Å². The molecule has 0 atom stereocenters. The van der Waals surface area contributed by atoms with Crippen LogP contribution in [0.1, 0.15) is 15.9 Å². The van der Waals surface area contributed by atoms with Crippen LogP contribution in [0.15, 0.2) is 29.1 Å². The van der Waals surface area contributed by atoms with E-state index in [9.17, 15) is 9.59 Å². The predicted octanol–water partition coefficient (Wildman–Crippen LogP) is 1.22. The lowest BCUT2D eigenvalue weighted by Crippen LogP contribution is -2.36. The second kappa shape index (κ2) is 9.29. The SMILES string of the molecule is COCCNCCNC(=O)c1c(C)c2ccccc2[nH]c1=O.Cl. The van der Waals surface area contributed by atoms with E-state index in [-0.39, 0.29) is 29.4 Å². The molecular weight excluding hydrogens is 318 g/mol. The molecule has 3 N–H and O–H groups in total. The molecular formula is C16H22ClN3O3. The van der Waals surface area contributed by atoms with Crippen LogP contribution in [0.2, 0.25) is 0 Å². The number of aromatic amines is 1.